The number of hydrogen-bond acceptors (Lipinski definition) is 4. The van der Waals surface area contributed by atoms with E-state index < -0.39 is 16.4 Å². The first-order chi connectivity index (χ1) is 9.51. The molecule has 0 amide bonds. The van der Waals surface area contributed by atoms with Crippen molar-refractivity contribution in [2.24, 2.45) is 0 Å². The van der Waals surface area contributed by atoms with Gasteiger partial charge in [0.2, 0.25) is 0 Å². The Hall–Kier alpha value is -2.63. The lowest BCUT2D eigenvalue weighted by molar-refractivity contribution is -0.539. The van der Waals surface area contributed by atoms with Gasteiger partial charge in [-0.2, -0.15) is 0 Å². The van der Waals surface area contributed by atoms with E-state index in [2.05, 4.69) is 0 Å². The third-order valence-corrected chi connectivity index (χ3v) is 3.28. The van der Waals surface area contributed by atoms with Crippen molar-refractivity contribution < 1.29 is 19.6 Å². The molecule has 0 heterocycles. The first kappa shape index (κ1) is 13.8. The smallest absolute Gasteiger partial charge is 0.387 e. The molecule has 20 heavy (non-hydrogen) atoms. The Balaban J connectivity index is 2.46. The Kier molecular flexibility index (Phi) is 3.56. The minimum Gasteiger partial charge on any atom is -0.496 e. The van der Waals surface area contributed by atoms with Gasteiger partial charge < -0.3 is 9.84 Å². The van der Waals surface area contributed by atoms with Gasteiger partial charge in [0.25, 0.3) is 0 Å². The van der Waals surface area contributed by atoms with Crippen LogP contribution in [0.25, 0.3) is 5.57 Å². The van der Waals surface area contributed by atoms with Crippen molar-refractivity contribution >= 4 is 11.5 Å². The van der Waals surface area contributed by atoms with E-state index in [-0.39, 0.29) is 6.42 Å². The second-order valence-corrected chi connectivity index (χ2v) is 4.41. The highest BCUT2D eigenvalue weighted by molar-refractivity contribution is 5.86. The van der Waals surface area contributed by atoms with Crippen LogP contribution in [0.5, 0.6) is 5.75 Å². The Labute approximate surface area is 115 Å². The predicted octanol–water partition coefficient (Wildman–Crippen LogP) is 2.14. The van der Waals surface area contributed by atoms with E-state index >= 15 is 0 Å². The van der Waals surface area contributed by atoms with Crippen LogP contribution in [0.15, 0.2) is 42.5 Å². The van der Waals surface area contributed by atoms with Crippen LogP contribution in [0, 0.1) is 10.1 Å². The molecule has 1 aliphatic rings. The number of ether oxygens (including phenoxy) is 1. The quantitative estimate of drug-likeness (QED) is 0.671. The van der Waals surface area contributed by atoms with E-state index in [1.807, 2.05) is 0 Å². The second kappa shape index (κ2) is 5.16. The van der Waals surface area contributed by atoms with E-state index in [0.29, 0.717) is 16.9 Å². The standard InChI is InChI=1S/C14H13NO5/c1-20-12-7-3-2-6-11(12)10-5-4-8-14(9-10,13(16)17)15(18)19/h2-8H,9H2,1H3,(H,16,17). The second-order valence-electron chi connectivity index (χ2n) is 4.41. The number of allylic oxidation sites excluding steroid dienone is 2. The van der Waals surface area contributed by atoms with E-state index in [0.717, 1.165) is 6.08 Å². The van der Waals surface area contributed by atoms with E-state index in [9.17, 15) is 20.0 Å². The minimum atomic E-state index is -2.12. The lowest BCUT2D eigenvalue weighted by Gasteiger charge is -2.22. The molecule has 1 aliphatic carbocycles. The van der Waals surface area contributed by atoms with Crippen molar-refractivity contribution in [3.63, 3.8) is 0 Å². The summed E-state index contributed by atoms with van der Waals surface area (Å²) < 4.78 is 5.21. The molecular weight excluding hydrogens is 262 g/mol. The molecule has 0 radical (unpaired) electrons. The highest BCUT2D eigenvalue weighted by Gasteiger charge is 2.50. The third kappa shape index (κ3) is 2.16. The van der Waals surface area contributed by atoms with E-state index in [4.69, 9.17) is 4.74 Å². The zero-order valence-corrected chi connectivity index (χ0v) is 10.8. The molecular formula is C14H13NO5. The molecule has 0 bridgehead atoms. The van der Waals surface area contributed by atoms with Gasteiger partial charge in [-0.3, -0.25) is 10.1 Å². The lowest BCUT2D eigenvalue weighted by Crippen LogP contribution is -2.45. The molecule has 0 aromatic heterocycles. The lowest BCUT2D eigenvalue weighted by atomic mass is 9.84. The summed E-state index contributed by atoms with van der Waals surface area (Å²) in [5, 5.41) is 20.4. The summed E-state index contributed by atoms with van der Waals surface area (Å²) in [4.78, 5) is 21.7. The van der Waals surface area contributed by atoms with Gasteiger partial charge in [-0.05, 0) is 11.6 Å². The topological polar surface area (TPSA) is 89.7 Å². The molecule has 0 spiro atoms. The molecule has 104 valence electrons. The molecule has 1 aromatic carbocycles. The zero-order valence-electron chi connectivity index (χ0n) is 10.8. The summed E-state index contributed by atoms with van der Waals surface area (Å²) in [7, 11) is 1.50. The first-order valence-electron chi connectivity index (χ1n) is 5.91. The maximum Gasteiger partial charge on any atom is 0.387 e. The number of aliphatic carboxylic acids is 1. The predicted molar refractivity (Wildman–Crippen MR) is 72.1 cm³/mol. The van der Waals surface area contributed by atoms with Gasteiger partial charge in [0, 0.05) is 16.6 Å². The van der Waals surface area contributed by atoms with Gasteiger partial charge in [-0.15, -0.1) is 0 Å². The maximum atomic E-state index is 11.3. The average Bonchev–Trinajstić information content (AvgIpc) is 2.46. The Bertz CT molecular complexity index is 604. The largest absolute Gasteiger partial charge is 0.496 e. The SMILES string of the molecule is COc1ccccc1C1=CC=CC(C(=O)O)([N+](=O)[O-])C1. The fourth-order valence-electron chi connectivity index (χ4n) is 2.18. The number of hydrogen-bond donors (Lipinski definition) is 1. The van der Waals surface area contributed by atoms with Crippen LogP contribution in [0.3, 0.4) is 0 Å². The number of benzene rings is 1. The van der Waals surface area contributed by atoms with Crippen molar-refractivity contribution in [2.75, 3.05) is 7.11 Å². The van der Waals surface area contributed by atoms with Crippen LogP contribution >= 0.6 is 0 Å². The van der Waals surface area contributed by atoms with Crippen molar-refractivity contribution in [3.05, 3.63) is 58.2 Å². The fourth-order valence-corrected chi connectivity index (χ4v) is 2.18. The molecule has 6 nitrogen and oxygen atoms in total. The molecule has 1 atom stereocenters. The number of nitrogens with zero attached hydrogens (tertiary/aromatic N) is 1. The van der Waals surface area contributed by atoms with Crippen LogP contribution in [-0.4, -0.2) is 28.6 Å². The number of carbonyl (C=O) groups is 1. The first-order valence-corrected chi connectivity index (χ1v) is 5.91. The average molecular weight is 275 g/mol. The summed E-state index contributed by atoms with van der Waals surface area (Å²) in [6.07, 6.45) is 3.96. The summed E-state index contributed by atoms with van der Waals surface area (Å²) in [6, 6.07) is 7.02. The van der Waals surface area contributed by atoms with Gasteiger partial charge in [0.1, 0.15) is 5.75 Å². The minimum absolute atomic E-state index is 0.216. The molecule has 0 aliphatic heterocycles. The van der Waals surface area contributed by atoms with Crippen LogP contribution in [0.2, 0.25) is 0 Å². The highest BCUT2D eigenvalue weighted by Crippen LogP contribution is 2.36. The van der Waals surface area contributed by atoms with Crippen LogP contribution in [0.1, 0.15) is 12.0 Å². The summed E-state index contributed by atoms with van der Waals surface area (Å²) in [5.74, 6) is -0.920. The third-order valence-electron chi connectivity index (χ3n) is 3.28. The van der Waals surface area contributed by atoms with Gasteiger partial charge in [-0.25, -0.2) is 4.79 Å². The van der Waals surface area contributed by atoms with E-state index in [1.54, 1.807) is 30.3 Å². The molecule has 0 saturated carbocycles. The Morgan fingerprint density at radius 2 is 2.15 bits per heavy atom. The van der Waals surface area contributed by atoms with Crippen LogP contribution < -0.4 is 4.74 Å². The molecule has 0 saturated heterocycles. The molecule has 6 heteroatoms. The molecule has 2 rings (SSSR count). The number of carboxylic acid groups (broad SMARTS) is 1. The van der Waals surface area contributed by atoms with Gasteiger partial charge >= 0.3 is 11.5 Å². The van der Waals surface area contributed by atoms with Crippen molar-refractivity contribution in [2.45, 2.75) is 12.0 Å². The summed E-state index contributed by atoms with van der Waals surface area (Å²) in [6.45, 7) is 0. The molecule has 1 N–H and O–H groups in total. The van der Waals surface area contributed by atoms with Crippen molar-refractivity contribution in [1.82, 2.24) is 0 Å². The van der Waals surface area contributed by atoms with Crippen LogP contribution in [0.4, 0.5) is 0 Å². The Morgan fingerprint density at radius 3 is 2.75 bits per heavy atom. The number of nitro groups is 1. The summed E-state index contributed by atoms with van der Waals surface area (Å²) in [5.41, 5.74) is -0.902. The molecule has 1 unspecified atom stereocenters. The van der Waals surface area contributed by atoms with E-state index in [1.165, 1.54) is 13.2 Å². The van der Waals surface area contributed by atoms with Crippen molar-refractivity contribution in [1.29, 1.82) is 0 Å². The number of methoxy groups -OCH3 is 1. The zero-order chi connectivity index (χ0) is 14.8. The normalized spacial score (nSPS) is 21.1. The van der Waals surface area contributed by atoms with Gasteiger partial charge in [-0.1, -0.05) is 30.4 Å². The van der Waals surface area contributed by atoms with Crippen LogP contribution in [-0.2, 0) is 4.79 Å². The molecule has 1 aromatic rings. The summed E-state index contributed by atoms with van der Waals surface area (Å²) >= 11 is 0. The number of para-hydroxylation sites is 1. The highest BCUT2D eigenvalue weighted by atomic mass is 16.6. The van der Waals surface area contributed by atoms with Crippen molar-refractivity contribution in [3.8, 4) is 5.75 Å². The monoisotopic (exact) mass is 275 g/mol. The molecule has 0 fully saturated rings. The van der Waals surface area contributed by atoms with Gasteiger partial charge in [0.15, 0.2) is 0 Å². The number of carboxylic acids is 1. The maximum absolute atomic E-state index is 11.3. The fraction of sp³-hybridized carbons (Fsp3) is 0.214. The van der Waals surface area contributed by atoms with Gasteiger partial charge in [0.05, 0.1) is 13.5 Å². The Morgan fingerprint density at radius 1 is 1.45 bits per heavy atom. The number of rotatable bonds is 4.